The lowest BCUT2D eigenvalue weighted by atomic mass is 10.2. The van der Waals surface area contributed by atoms with Crippen LogP contribution in [-0.2, 0) is 46.2 Å². The molecule has 0 aliphatic heterocycles. The van der Waals surface area contributed by atoms with Gasteiger partial charge in [0.25, 0.3) is 0 Å². The van der Waals surface area contributed by atoms with Gasteiger partial charge in [0.1, 0.15) is 86.5 Å². The van der Waals surface area contributed by atoms with Crippen molar-refractivity contribution < 1.29 is 33.2 Å². The SMILES string of the molecule is Ic1ccc(OCc2cc(OCc3cc(OCc4ccccc4)cc(OCc4ccccc4)c3)cc(OCc3cc(OCc4ccccc4)cc(OCc4ccccc4)c3)c2)cc1. The van der Waals surface area contributed by atoms with Crippen molar-refractivity contribution in [3.8, 4) is 40.2 Å². The molecule has 8 rings (SSSR count). The minimum atomic E-state index is 0.258. The largest absolute Gasteiger partial charge is 0.489 e. The van der Waals surface area contributed by atoms with Crippen molar-refractivity contribution in [2.45, 2.75) is 46.2 Å². The fraction of sp³-hybridized carbons (Fsp3) is 0.127. The van der Waals surface area contributed by atoms with Gasteiger partial charge in [-0.15, -0.1) is 0 Å². The van der Waals surface area contributed by atoms with Crippen molar-refractivity contribution in [2.75, 3.05) is 0 Å². The minimum absolute atomic E-state index is 0.258. The molecule has 0 amide bonds. The zero-order valence-electron chi connectivity index (χ0n) is 34.7. The monoisotopic (exact) mass is 946 g/mol. The van der Waals surface area contributed by atoms with E-state index in [0.29, 0.717) is 67.5 Å². The summed E-state index contributed by atoms with van der Waals surface area (Å²) in [6, 6.07) is 66.0. The second-order valence-electron chi connectivity index (χ2n) is 14.9. The van der Waals surface area contributed by atoms with Gasteiger partial charge in [0.05, 0.1) is 0 Å². The second-order valence-corrected chi connectivity index (χ2v) is 16.1. The van der Waals surface area contributed by atoms with Crippen LogP contribution >= 0.6 is 22.6 Å². The number of rotatable bonds is 21. The first-order chi connectivity index (χ1) is 31.0. The van der Waals surface area contributed by atoms with Crippen molar-refractivity contribution in [1.82, 2.24) is 0 Å². The van der Waals surface area contributed by atoms with E-state index in [2.05, 4.69) is 22.6 Å². The number of hydrogen-bond acceptors (Lipinski definition) is 7. The Balaban J connectivity index is 1.01. The van der Waals surface area contributed by atoms with Gasteiger partial charge in [-0.3, -0.25) is 0 Å². The normalized spacial score (nSPS) is 10.7. The van der Waals surface area contributed by atoms with Crippen molar-refractivity contribution in [3.63, 3.8) is 0 Å². The number of halogens is 1. The fourth-order valence-corrected chi connectivity index (χ4v) is 7.00. The molecule has 316 valence electrons. The third-order valence-corrected chi connectivity index (χ3v) is 10.6. The fourth-order valence-electron chi connectivity index (χ4n) is 6.64. The van der Waals surface area contributed by atoms with Gasteiger partial charge in [0.15, 0.2) is 0 Å². The average molecular weight is 947 g/mol. The van der Waals surface area contributed by atoms with Crippen LogP contribution in [0.2, 0.25) is 0 Å². The lowest BCUT2D eigenvalue weighted by Crippen LogP contribution is -2.03. The molecule has 8 aromatic carbocycles. The molecule has 0 atom stereocenters. The summed E-state index contributed by atoms with van der Waals surface area (Å²) >= 11 is 2.29. The van der Waals surface area contributed by atoms with Crippen LogP contribution in [0.25, 0.3) is 0 Å². The predicted molar refractivity (Wildman–Crippen MR) is 255 cm³/mol. The van der Waals surface area contributed by atoms with Gasteiger partial charge in [0, 0.05) is 21.8 Å². The highest BCUT2D eigenvalue weighted by atomic mass is 127. The van der Waals surface area contributed by atoms with Crippen LogP contribution in [-0.4, -0.2) is 0 Å². The van der Waals surface area contributed by atoms with Gasteiger partial charge in [-0.1, -0.05) is 121 Å². The maximum atomic E-state index is 6.53. The number of benzene rings is 8. The Morgan fingerprint density at radius 1 is 0.222 bits per heavy atom. The summed E-state index contributed by atoms with van der Waals surface area (Å²) in [6.07, 6.45) is 0. The van der Waals surface area contributed by atoms with Crippen LogP contribution in [0.1, 0.15) is 38.9 Å². The molecule has 0 radical (unpaired) electrons. The van der Waals surface area contributed by atoms with Crippen LogP contribution < -0.4 is 33.2 Å². The Morgan fingerprint density at radius 3 is 0.698 bits per heavy atom. The Bertz CT molecular complexity index is 2340. The van der Waals surface area contributed by atoms with Crippen molar-refractivity contribution in [2.24, 2.45) is 0 Å². The van der Waals surface area contributed by atoms with E-state index >= 15 is 0 Å². The van der Waals surface area contributed by atoms with Gasteiger partial charge >= 0.3 is 0 Å². The third kappa shape index (κ3) is 13.8. The Morgan fingerprint density at radius 2 is 0.444 bits per heavy atom. The Hall–Kier alpha value is -6.91. The molecule has 7 nitrogen and oxygen atoms in total. The first kappa shape index (κ1) is 42.8. The standard InChI is InChI=1S/C55H47IO7/c56-48-21-23-49(24-22-48)57-38-45-25-54(62-39-46-27-50(58-34-41-13-5-1-6-14-41)31-51(28-46)59-35-42-15-7-2-8-16-42)33-55(26-45)63-40-47-29-52(60-36-43-17-9-3-10-18-43)32-53(30-47)61-37-44-19-11-4-12-20-44/h1-33H,34-40H2. The molecule has 0 aromatic heterocycles. The summed E-state index contributed by atoms with van der Waals surface area (Å²) in [5, 5.41) is 0. The van der Waals surface area contributed by atoms with Gasteiger partial charge in [-0.05, 0) is 122 Å². The zero-order chi connectivity index (χ0) is 42.9. The smallest absolute Gasteiger partial charge is 0.123 e. The highest BCUT2D eigenvalue weighted by molar-refractivity contribution is 14.1. The van der Waals surface area contributed by atoms with E-state index in [-0.39, 0.29) is 13.2 Å². The summed E-state index contributed by atoms with van der Waals surface area (Å²) in [5.41, 5.74) is 6.97. The van der Waals surface area contributed by atoms with Crippen molar-refractivity contribution >= 4 is 22.6 Å². The predicted octanol–water partition coefficient (Wildman–Crippen LogP) is 13.3. The van der Waals surface area contributed by atoms with E-state index in [9.17, 15) is 0 Å². The van der Waals surface area contributed by atoms with Crippen LogP contribution in [0.3, 0.4) is 0 Å². The molecule has 63 heavy (non-hydrogen) atoms. The Kier molecular flexibility index (Phi) is 15.1. The lowest BCUT2D eigenvalue weighted by Gasteiger charge is -2.16. The average Bonchev–Trinajstić information content (AvgIpc) is 3.33. The van der Waals surface area contributed by atoms with E-state index in [1.54, 1.807) is 0 Å². The highest BCUT2D eigenvalue weighted by Crippen LogP contribution is 2.31. The topological polar surface area (TPSA) is 64.6 Å². The molecule has 0 N–H and O–H groups in total. The van der Waals surface area contributed by atoms with Gasteiger partial charge in [0.2, 0.25) is 0 Å². The first-order valence-corrected chi connectivity index (χ1v) is 21.9. The summed E-state index contributed by atoms with van der Waals surface area (Å²) in [6.45, 7) is 2.53. The molecule has 0 unspecified atom stereocenters. The van der Waals surface area contributed by atoms with Crippen molar-refractivity contribution in [1.29, 1.82) is 0 Å². The highest BCUT2D eigenvalue weighted by Gasteiger charge is 2.11. The van der Waals surface area contributed by atoms with E-state index in [1.165, 1.54) is 0 Å². The van der Waals surface area contributed by atoms with Gasteiger partial charge in [-0.25, -0.2) is 0 Å². The summed E-state index contributed by atoms with van der Waals surface area (Å²) in [5.74, 6) is 4.78. The summed E-state index contributed by atoms with van der Waals surface area (Å²) in [4.78, 5) is 0. The van der Waals surface area contributed by atoms with E-state index in [0.717, 1.165) is 48.3 Å². The Labute approximate surface area is 382 Å². The van der Waals surface area contributed by atoms with Crippen molar-refractivity contribution in [3.05, 3.63) is 243 Å². The molecule has 0 aliphatic carbocycles. The molecule has 0 saturated carbocycles. The molecule has 0 spiro atoms. The third-order valence-electron chi connectivity index (χ3n) is 9.84. The second kappa shape index (κ2) is 22.3. The van der Waals surface area contributed by atoms with Gasteiger partial charge in [-0.2, -0.15) is 0 Å². The summed E-state index contributed by atoms with van der Waals surface area (Å²) in [7, 11) is 0. The van der Waals surface area contributed by atoms with Crippen LogP contribution in [0.5, 0.6) is 40.2 Å². The van der Waals surface area contributed by atoms with E-state index < -0.39 is 0 Å². The minimum Gasteiger partial charge on any atom is -0.489 e. The maximum Gasteiger partial charge on any atom is 0.123 e. The maximum absolute atomic E-state index is 6.53. The van der Waals surface area contributed by atoms with Gasteiger partial charge < -0.3 is 33.2 Å². The number of hydrogen-bond donors (Lipinski definition) is 0. The molecule has 0 fully saturated rings. The lowest BCUT2D eigenvalue weighted by molar-refractivity contribution is 0.273. The first-order valence-electron chi connectivity index (χ1n) is 20.8. The molecule has 8 heteroatoms. The van der Waals surface area contributed by atoms with Crippen LogP contribution in [0.15, 0.2) is 200 Å². The summed E-state index contributed by atoms with van der Waals surface area (Å²) < 4.78 is 45.5. The molecular formula is C55H47IO7. The molecule has 0 bridgehead atoms. The molecule has 0 saturated heterocycles. The molecule has 8 aromatic rings. The molecular weight excluding hydrogens is 900 g/mol. The zero-order valence-corrected chi connectivity index (χ0v) is 36.9. The van der Waals surface area contributed by atoms with E-state index in [4.69, 9.17) is 33.2 Å². The van der Waals surface area contributed by atoms with Crippen LogP contribution in [0.4, 0.5) is 0 Å². The number of ether oxygens (including phenoxy) is 7. The molecule has 0 aliphatic rings. The molecule has 0 heterocycles. The van der Waals surface area contributed by atoms with Crippen LogP contribution in [0, 0.1) is 3.57 Å². The quantitative estimate of drug-likeness (QED) is 0.0665. The van der Waals surface area contributed by atoms with E-state index in [1.807, 2.05) is 200 Å².